The predicted octanol–water partition coefficient (Wildman–Crippen LogP) is 4.69. The number of fused-ring (bicyclic) bond motifs is 1. The lowest BCUT2D eigenvalue weighted by Crippen LogP contribution is -2.35. The Morgan fingerprint density at radius 1 is 1.19 bits per heavy atom. The molecule has 11 heteroatoms. The van der Waals surface area contributed by atoms with Gasteiger partial charge in [0.25, 0.3) is 5.91 Å². The van der Waals surface area contributed by atoms with Gasteiger partial charge in [-0.3, -0.25) is 15.0 Å². The van der Waals surface area contributed by atoms with Gasteiger partial charge in [0.15, 0.2) is 5.84 Å². The van der Waals surface area contributed by atoms with Crippen molar-refractivity contribution < 1.29 is 18.7 Å². The van der Waals surface area contributed by atoms with Gasteiger partial charge in [-0.1, -0.05) is 29.8 Å². The number of carbonyl (C=O) groups excluding carboxylic acids is 2. The third kappa shape index (κ3) is 5.19. The molecule has 0 aromatic heterocycles. The number of rotatable bonds is 6. The summed E-state index contributed by atoms with van der Waals surface area (Å²) in [6.45, 7) is 1.72. The van der Waals surface area contributed by atoms with Crippen molar-refractivity contribution >= 4 is 57.3 Å². The van der Waals surface area contributed by atoms with Crippen LogP contribution in [0.5, 0.6) is 5.75 Å². The summed E-state index contributed by atoms with van der Waals surface area (Å²) >= 11 is 7.51. The number of amides is 2. The minimum absolute atomic E-state index is 0.0100. The van der Waals surface area contributed by atoms with Gasteiger partial charge in [-0.2, -0.15) is 15.1 Å². The number of thioether (sulfide) groups is 1. The molecule has 0 radical (unpaired) electrons. The predicted molar refractivity (Wildman–Crippen MR) is 138 cm³/mol. The lowest BCUT2D eigenvalue weighted by atomic mass is 10.1. The Morgan fingerprint density at radius 2 is 1.94 bits per heavy atom. The molecule has 5 rings (SSSR count). The quantitative estimate of drug-likeness (QED) is 0.552. The van der Waals surface area contributed by atoms with E-state index in [4.69, 9.17) is 21.7 Å². The average molecular weight is 526 g/mol. The topological polar surface area (TPSA) is 98.4 Å². The molecule has 2 amide bonds. The molecule has 1 fully saturated rings. The van der Waals surface area contributed by atoms with Crippen LogP contribution in [0.2, 0.25) is 5.02 Å². The first-order valence-electron chi connectivity index (χ1n) is 11.3. The molecule has 36 heavy (non-hydrogen) atoms. The second kappa shape index (κ2) is 10.2. The van der Waals surface area contributed by atoms with Crippen LogP contribution in [0.3, 0.4) is 0 Å². The number of likely N-dealkylation sites (tertiary alicyclic amines) is 1. The molecule has 2 aromatic carbocycles. The van der Waals surface area contributed by atoms with Crippen molar-refractivity contribution in [2.75, 3.05) is 13.1 Å². The molecule has 1 saturated heterocycles. The van der Waals surface area contributed by atoms with Crippen LogP contribution in [0.4, 0.5) is 4.39 Å². The van der Waals surface area contributed by atoms with E-state index in [1.54, 1.807) is 35.2 Å². The lowest BCUT2D eigenvalue weighted by molar-refractivity contribution is -0.128. The fourth-order valence-electron chi connectivity index (χ4n) is 3.94. The SMILES string of the molecule is N=C1C(=Cc2ccc(OCc3ccc(F)cc3)c(Cl)c2)C(=O)N=C2SC(CC(=O)N3CCCC3)=NN12. The molecule has 1 N–H and O–H groups in total. The van der Waals surface area contributed by atoms with Crippen molar-refractivity contribution in [2.45, 2.75) is 25.9 Å². The Labute approximate surface area is 216 Å². The second-order valence-corrected chi connectivity index (χ2v) is 9.83. The van der Waals surface area contributed by atoms with Gasteiger partial charge in [-0.25, -0.2) is 4.39 Å². The van der Waals surface area contributed by atoms with Gasteiger partial charge in [-0.15, -0.1) is 0 Å². The summed E-state index contributed by atoms with van der Waals surface area (Å²) in [6, 6.07) is 11.0. The zero-order valence-electron chi connectivity index (χ0n) is 19.0. The molecule has 0 saturated carbocycles. The molecular formula is C25H21ClFN5O3S. The fraction of sp³-hybridized carbons (Fsp3) is 0.240. The molecule has 0 spiro atoms. The molecule has 184 valence electrons. The smallest absolute Gasteiger partial charge is 0.283 e. The summed E-state index contributed by atoms with van der Waals surface area (Å²) in [6.07, 6.45) is 3.65. The molecule has 2 aromatic rings. The molecule has 0 atom stereocenters. The summed E-state index contributed by atoms with van der Waals surface area (Å²) in [5.74, 6) is -0.577. The monoisotopic (exact) mass is 525 g/mol. The van der Waals surface area contributed by atoms with Crippen LogP contribution in [0.1, 0.15) is 30.4 Å². The van der Waals surface area contributed by atoms with Crippen molar-refractivity contribution in [3.63, 3.8) is 0 Å². The highest BCUT2D eigenvalue weighted by molar-refractivity contribution is 8.27. The van der Waals surface area contributed by atoms with Crippen molar-refractivity contribution in [1.29, 1.82) is 5.41 Å². The number of aliphatic imine (C=N–C) groups is 1. The first-order valence-corrected chi connectivity index (χ1v) is 12.5. The average Bonchev–Trinajstić information content (AvgIpc) is 3.53. The van der Waals surface area contributed by atoms with E-state index in [0.29, 0.717) is 21.4 Å². The normalized spacial score (nSPS) is 18.4. The van der Waals surface area contributed by atoms with E-state index in [0.717, 1.165) is 43.3 Å². The van der Waals surface area contributed by atoms with Gasteiger partial charge >= 0.3 is 0 Å². The molecule has 3 aliphatic heterocycles. The summed E-state index contributed by atoms with van der Waals surface area (Å²) in [7, 11) is 0. The number of ether oxygens (including phenoxy) is 1. The van der Waals surface area contributed by atoms with Gasteiger partial charge in [0.05, 0.1) is 17.0 Å². The lowest BCUT2D eigenvalue weighted by Gasteiger charge is -2.20. The van der Waals surface area contributed by atoms with Gasteiger partial charge in [0, 0.05) is 13.1 Å². The van der Waals surface area contributed by atoms with Crippen molar-refractivity contribution in [3.8, 4) is 5.75 Å². The van der Waals surface area contributed by atoms with Crippen LogP contribution < -0.4 is 4.74 Å². The number of hydrogen-bond donors (Lipinski definition) is 1. The van der Waals surface area contributed by atoms with E-state index < -0.39 is 5.91 Å². The molecule has 0 bridgehead atoms. The van der Waals surface area contributed by atoms with Crippen LogP contribution in [0.25, 0.3) is 6.08 Å². The van der Waals surface area contributed by atoms with Crippen LogP contribution >= 0.6 is 23.4 Å². The third-order valence-electron chi connectivity index (χ3n) is 5.83. The van der Waals surface area contributed by atoms with Gasteiger partial charge in [0.2, 0.25) is 11.1 Å². The Balaban J connectivity index is 1.28. The van der Waals surface area contributed by atoms with Crippen LogP contribution in [0, 0.1) is 11.2 Å². The second-order valence-electron chi connectivity index (χ2n) is 8.38. The fourth-order valence-corrected chi connectivity index (χ4v) is 5.06. The Morgan fingerprint density at radius 3 is 2.67 bits per heavy atom. The number of carbonyl (C=O) groups is 2. The van der Waals surface area contributed by atoms with Crippen LogP contribution in [0.15, 0.2) is 58.1 Å². The van der Waals surface area contributed by atoms with Crippen molar-refractivity contribution in [2.24, 2.45) is 10.1 Å². The number of nitrogens with zero attached hydrogens (tertiary/aromatic N) is 4. The molecule has 0 unspecified atom stereocenters. The number of hydrogen-bond acceptors (Lipinski definition) is 6. The molecular weight excluding hydrogens is 505 g/mol. The highest BCUT2D eigenvalue weighted by Gasteiger charge is 2.36. The maximum Gasteiger partial charge on any atom is 0.283 e. The minimum atomic E-state index is -0.561. The summed E-state index contributed by atoms with van der Waals surface area (Å²) in [4.78, 5) is 31.0. The van der Waals surface area contributed by atoms with E-state index in [1.807, 2.05) is 0 Å². The van der Waals surface area contributed by atoms with Crippen molar-refractivity contribution in [3.05, 3.63) is 70.0 Å². The van der Waals surface area contributed by atoms with Gasteiger partial charge in [-0.05, 0) is 66.1 Å². The van der Waals surface area contributed by atoms with Crippen LogP contribution in [-0.4, -0.2) is 50.9 Å². The first kappa shape index (κ1) is 24.2. The van der Waals surface area contributed by atoms with Gasteiger partial charge < -0.3 is 9.64 Å². The maximum absolute atomic E-state index is 13.1. The summed E-state index contributed by atoms with van der Waals surface area (Å²) < 4.78 is 18.8. The molecule has 3 aliphatic rings. The number of halogens is 2. The van der Waals surface area contributed by atoms with E-state index >= 15 is 0 Å². The zero-order chi connectivity index (χ0) is 25.2. The summed E-state index contributed by atoms with van der Waals surface area (Å²) in [5, 5.41) is 15.3. The molecule has 8 nitrogen and oxygen atoms in total. The first-order chi connectivity index (χ1) is 17.4. The van der Waals surface area contributed by atoms with E-state index in [-0.39, 0.29) is 41.3 Å². The Hall–Kier alpha value is -3.50. The zero-order valence-corrected chi connectivity index (χ0v) is 20.6. The molecule has 3 heterocycles. The summed E-state index contributed by atoms with van der Waals surface area (Å²) in [5.41, 5.74) is 1.44. The Bertz CT molecular complexity index is 1340. The third-order valence-corrected chi connectivity index (χ3v) is 7.04. The van der Waals surface area contributed by atoms with Crippen LogP contribution in [-0.2, 0) is 16.2 Å². The van der Waals surface area contributed by atoms with E-state index in [2.05, 4.69) is 10.1 Å². The Kier molecular flexibility index (Phi) is 6.88. The molecule has 0 aliphatic carbocycles. The largest absolute Gasteiger partial charge is 0.487 e. The standard InChI is InChI=1S/C25H21ClFN5O3S/c26-19-12-16(5-8-20(19)35-14-15-3-6-17(27)7-4-15)11-18-23(28)32-25(29-24(18)34)36-21(30-32)13-22(33)31-9-1-2-10-31/h3-8,11-12,28H,1-2,9-10,13-14H2. The highest BCUT2D eigenvalue weighted by Crippen LogP contribution is 2.31. The highest BCUT2D eigenvalue weighted by atomic mass is 35.5. The van der Waals surface area contributed by atoms with Gasteiger partial charge in [0.1, 0.15) is 23.2 Å². The van der Waals surface area contributed by atoms with E-state index in [1.165, 1.54) is 23.2 Å². The number of nitrogens with one attached hydrogen (secondary N) is 1. The van der Waals surface area contributed by atoms with Crippen molar-refractivity contribution in [1.82, 2.24) is 9.91 Å². The number of hydrazone groups is 1. The number of amidine groups is 2. The number of benzene rings is 2. The minimum Gasteiger partial charge on any atom is -0.487 e. The maximum atomic E-state index is 13.1. The van der Waals surface area contributed by atoms with E-state index in [9.17, 15) is 14.0 Å².